The summed E-state index contributed by atoms with van der Waals surface area (Å²) in [5.41, 5.74) is 3.77. The first kappa shape index (κ1) is 20.7. The molecule has 31 heavy (non-hydrogen) atoms. The number of ketones is 1. The van der Waals surface area contributed by atoms with Gasteiger partial charge >= 0.3 is 0 Å². The van der Waals surface area contributed by atoms with E-state index in [2.05, 4.69) is 4.90 Å². The van der Waals surface area contributed by atoms with E-state index in [-0.39, 0.29) is 0 Å². The highest BCUT2D eigenvalue weighted by atomic mass is 16.5. The third-order valence-electron chi connectivity index (χ3n) is 5.72. The summed E-state index contributed by atoms with van der Waals surface area (Å²) in [4.78, 5) is 29.7. The number of aryl methyl sites for hydroxylation is 1. The predicted molar refractivity (Wildman–Crippen MR) is 121 cm³/mol. The number of methoxy groups -OCH3 is 1. The summed E-state index contributed by atoms with van der Waals surface area (Å²) >= 11 is 0. The summed E-state index contributed by atoms with van der Waals surface area (Å²) in [6, 6.07) is 19.6. The van der Waals surface area contributed by atoms with E-state index in [0.29, 0.717) is 38.4 Å². The van der Waals surface area contributed by atoms with Crippen molar-refractivity contribution in [1.82, 2.24) is 9.47 Å². The van der Waals surface area contributed by atoms with Crippen LogP contribution < -0.4 is 9.64 Å². The number of ether oxygens (including phenoxy) is 1. The van der Waals surface area contributed by atoms with Gasteiger partial charge in [-0.1, -0.05) is 35.9 Å². The molecule has 3 aromatic rings. The van der Waals surface area contributed by atoms with Crippen molar-refractivity contribution in [3.63, 3.8) is 0 Å². The first-order valence-corrected chi connectivity index (χ1v) is 10.5. The molecule has 2 heterocycles. The number of rotatable bonds is 6. The minimum Gasteiger partial charge on any atom is -0.497 e. The zero-order valence-corrected chi connectivity index (χ0v) is 18.0. The summed E-state index contributed by atoms with van der Waals surface area (Å²) in [7, 11) is 1.65. The van der Waals surface area contributed by atoms with Gasteiger partial charge in [0, 0.05) is 50.7 Å². The van der Waals surface area contributed by atoms with Crippen LogP contribution in [0.5, 0.6) is 5.75 Å². The Kier molecular flexibility index (Phi) is 6.07. The van der Waals surface area contributed by atoms with Gasteiger partial charge in [-0.3, -0.25) is 9.59 Å². The van der Waals surface area contributed by atoms with Crippen molar-refractivity contribution >= 4 is 17.4 Å². The van der Waals surface area contributed by atoms with Crippen LogP contribution >= 0.6 is 0 Å². The Morgan fingerprint density at radius 3 is 2.39 bits per heavy atom. The number of amides is 1. The highest BCUT2D eigenvalue weighted by Gasteiger charge is 2.28. The number of hydrogen-bond donors (Lipinski definition) is 0. The van der Waals surface area contributed by atoms with Crippen molar-refractivity contribution < 1.29 is 14.3 Å². The van der Waals surface area contributed by atoms with E-state index in [0.717, 1.165) is 17.0 Å². The lowest BCUT2D eigenvalue weighted by Gasteiger charge is -2.35. The van der Waals surface area contributed by atoms with Gasteiger partial charge < -0.3 is 19.1 Å². The largest absolute Gasteiger partial charge is 0.497 e. The number of carbonyl (C=O) groups is 2. The number of aromatic nitrogens is 1. The average Bonchev–Trinajstić information content (AvgIpc) is 3.28. The third-order valence-corrected chi connectivity index (χ3v) is 5.72. The van der Waals surface area contributed by atoms with Gasteiger partial charge in [-0.25, -0.2) is 0 Å². The lowest BCUT2D eigenvalue weighted by molar-refractivity contribution is -0.126. The zero-order valence-electron chi connectivity index (χ0n) is 18.0. The molecule has 1 aliphatic rings. The summed E-state index contributed by atoms with van der Waals surface area (Å²) in [6.07, 6.45) is 1.85. The van der Waals surface area contributed by atoms with Crippen LogP contribution in [0.15, 0.2) is 66.9 Å². The molecule has 0 N–H and O–H groups in total. The fourth-order valence-electron chi connectivity index (χ4n) is 3.88. The van der Waals surface area contributed by atoms with Gasteiger partial charge in [-0.2, -0.15) is 0 Å². The molecule has 0 spiro atoms. The number of hydrogen-bond acceptors (Lipinski definition) is 4. The molecular weight excluding hydrogens is 390 g/mol. The maximum atomic E-state index is 13.0. The van der Waals surface area contributed by atoms with Crippen LogP contribution in [-0.4, -0.2) is 54.4 Å². The molecule has 1 aromatic heterocycles. The maximum Gasteiger partial charge on any atom is 0.296 e. The standard InChI is InChI=1S/C25H27N3O3/c1-19-8-10-20(11-9-19)18-28-12-4-7-23(28)24(29)25(30)27-15-13-26(14-16-27)21-5-3-6-22(17-21)31-2/h3-12,17H,13-16,18H2,1-2H3. The highest BCUT2D eigenvalue weighted by Crippen LogP contribution is 2.22. The van der Waals surface area contributed by atoms with Gasteiger partial charge in [0.15, 0.2) is 0 Å². The second-order valence-corrected chi connectivity index (χ2v) is 7.82. The predicted octanol–water partition coefficient (Wildman–Crippen LogP) is 3.38. The van der Waals surface area contributed by atoms with E-state index in [9.17, 15) is 9.59 Å². The Bertz CT molecular complexity index is 1060. The molecule has 1 amide bonds. The molecule has 0 radical (unpaired) electrons. The monoisotopic (exact) mass is 417 g/mol. The Labute approximate surface area is 182 Å². The van der Waals surface area contributed by atoms with Crippen LogP contribution in [0.2, 0.25) is 0 Å². The van der Waals surface area contributed by atoms with Gasteiger partial charge in [0.2, 0.25) is 0 Å². The topological polar surface area (TPSA) is 54.8 Å². The Balaban J connectivity index is 1.40. The summed E-state index contributed by atoms with van der Waals surface area (Å²) in [5.74, 6) is -0.0818. The average molecular weight is 418 g/mol. The third kappa shape index (κ3) is 4.63. The number of Topliss-reactive ketones (excluding diaryl/α,β-unsaturated/α-hetero) is 1. The minimum absolute atomic E-state index is 0.431. The molecule has 1 fully saturated rings. The molecule has 0 bridgehead atoms. The second-order valence-electron chi connectivity index (χ2n) is 7.82. The normalized spacial score (nSPS) is 13.9. The summed E-state index contributed by atoms with van der Waals surface area (Å²) < 4.78 is 7.14. The molecule has 1 aliphatic heterocycles. The summed E-state index contributed by atoms with van der Waals surface area (Å²) in [5, 5.41) is 0. The fraction of sp³-hybridized carbons (Fsp3) is 0.280. The van der Waals surface area contributed by atoms with E-state index < -0.39 is 11.7 Å². The van der Waals surface area contributed by atoms with Crippen LogP contribution in [0.1, 0.15) is 21.6 Å². The molecule has 160 valence electrons. The van der Waals surface area contributed by atoms with Crippen molar-refractivity contribution in [3.8, 4) is 5.75 Å². The molecule has 6 heteroatoms. The van der Waals surface area contributed by atoms with Gasteiger partial charge in [0.05, 0.1) is 12.8 Å². The van der Waals surface area contributed by atoms with Crippen LogP contribution in [0, 0.1) is 6.92 Å². The molecule has 2 aromatic carbocycles. The van der Waals surface area contributed by atoms with Gasteiger partial charge in [-0.05, 0) is 36.8 Å². The highest BCUT2D eigenvalue weighted by molar-refractivity contribution is 6.42. The molecule has 0 aliphatic carbocycles. The quantitative estimate of drug-likeness (QED) is 0.456. The molecule has 1 saturated heterocycles. The molecule has 0 unspecified atom stereocenters. The van der Waals surface area contributed by atoms with E-state index in [1.807, 2.05) is 72.3 Å². The van der Waals surface area contributed by atoms with Gasteiger partial charge in [-0.15, -0.1) is 0 Å². The Morgan fingerprint density at radius 1 is 0.935 bits per heavy atom. The van der Waals surface area contributed by atoms with E-state index in [1.165, 1.54) is 5.56 Å². The molecular formula is C25H27N3O3. The maximum absolute atomic E-state index is 13.0. The molecule has 0 saturated carbocycles. The minimum atomic E-state index is -0.452. The van der Waals surface area contributed by atoms with Crippen molar-refractivity contribution in [3.05, 3.63) is 83.7 Å². The van der Waals surface area contributed by atoms with Crippen LogP contribution in [0.4, 0.5) is 5.69 Å². The number of carbonyl (C=O) groups excluding carboxylic acids is 2. The molecule has 6 nitrogen and oxygen atoms in total. The van der Waals surface area contributed by atoms with Crippen molar-refractivity contribution in [2.24, 2.45) is 0 Å². The van der Waals surface area contributed by atoms with Gasteiger partial charge in [0.1, 0.15) is 5.75 Å². The lowest BCUT2D eigenvalue weighted by atomic mass is 10.1. The van der Waals surface area contributed by atoms with E-state index in [1.54, 1.807) is 18.1 Å². The molecule has 4 rings (SSSR count). The van der Waals surface area contributed by atoms with E-state index >= 15 is 0 Å². The second kappa shape index (κ2) is 9.08. The van der Waals surface area contributed by atoms with Crippen molar-refractivity contribution in [2.75, 3.05) is 38.2 Å². The number of benzene rings is 2. The Morgan fingerprint density at radius 2 is 1.68 bits per heavy atom. The van der Waals surface area contributed by atoms with Crippen molar-refractivity contribution in [2.45, 2.75) is 13.5 Å². The fourth-order valence-corrected chi connectivity index (χ4v) is 3.88. The lowest BCUT2D eigenvalue weighted by Crippen LogP contribution is -2.50. The zero-order chi connectivity index (χ0) is 21.8. The van der Waals surface area contributed by atoms with Crippen LogP contribution in [-0.2, 0) is 11.3 Å². The summed E-state index contributed by atoms with van der Waals surface area (Å²) in [6.45, 7) is 4.99. The van der Waals surface area contributed by atoms with Gasteiger partial charge in [0.25, 0.3) is 11.7 Å². The smallest absolute Gasteiger partial charge is 0.296 e. The van der Waals surface area contributed by atoms with Crippen LogP contribution in [0.3, 0.4) is 0 Å². The Hall–Kier alpha value is -3.54. The first-order chi connectivity index (χ1) is 15.0. The number of anilines is 1. The van der Waals surface area contributed by atoms with Crippen molar-refractivity contribution in [1.29, 1.82) is 0 Å². The SMILES string of the molecule is COc1cccc(N2CCN(C(=O)C(=O)c3cccn3Cc3ccc(C)cc3)CC2)c1. The number of piperazine rings is 1. The molecule has 0 atom stereocenters. The first-order valence-electron chi connectivity index (χ1n) is 10.5. The van der Waals surface area contributed by atoms with E-state index in [4.69, 9.17) is 4.74 Å². The van der Waals surface area contributed by atoms with Crippen LogP contribution in [0.25, 0.3) is 0 Å². The number of nitrogens with zero attached hydrogens (tertiary/aromatic N) is 3.